The maximum Gasteiger partial charge on any atom is 0.312 e. The third-order valence-corrected chi connectivity index (χ3v) is 4.04. The highest BCUT2D eigenvalue weighted by molar-refractivity contribution is 5.81. The fourth-order valence-corrected chi connectivity index (χ4v) is 3.01. The van der Waals surface area contributed by atoms with Crippen molar-refractivity contribution in [3.63, 3.8) is 0 Å². The molecule has 0 radical (unpaired) electrons. The van der Waals surface area contributed by atoms with Gasteiger partial charge >= 0.3 is 24.0 Å². The molecule has 1 unspecified atom stereocenters. The van der Waals surface area contributed by atoms with Gasteiger partial charge < -0.3 is 24.7 Å². The fraction of sp³-hybridized carbons (Fsp3) is 0.500. The summed E-state index contributed by atoms with van der Waals surface area (Å²) >= 11 is 0. The summed E-state index contributed by atoms with van der Waals surface area (Å²) < 4.78 is 36.3. The van der Waals surface area contributed by atoms with Crippen LogP contribution in [0, 0.1) is 6.08 Å². The van der Waals surface area contributed by atoms with Crippen molar-refractivity contribution in [1.82, 2.24) is 19.5 Å². The number of carbonyl (C=O) groups excluding carboxylic acids is 3. The second kappa shape index (κ2) is 7.95. The highest BCUT2D eigenvalue weighted by Crippen LogP contribution is 2.36. The van der Waals surface area contributed by atoms with E-state index in [9.17, 15) is 18.8 Å². The molecule has 0 aliphatic carbocycles. The molecule has 1 saturated heterocycles. The van der Waals surface area contributed by atoms with E-state index in [4.69, 9.17) is 24.7 Å². The van der Waals surface area contributed by atoms with Gasteiger partial charge in [0.2, 0.25) is 0 Å². The van der Waals surface area contributed by atoms with Gasteiger partial charge in [0.05, 0.1) is 6.33 Å². The van der Waals surface area contributed by atoms with Crippen molar-refractivity contribution in [2.45, 2.75) is 45.3 Å². The summed E-state index contributed by atoms with van der Waals surface area (Å²) in [7, 11) is 0. The number of aromatic nitrogens is 4. The standard InChI is InChI=1S/C16H18FN5O7/c1-6(23)26-4-9-11(27-7(2)24)12(28-8(3)25)15(29-9)22-5-19-10-13(18)20-16(17)21-14(10)22/h5,9,11-12,15H,4H2,1-3H3,(H2,18,20,21)/t9-,11?,12-,15-/m1/s1. The predicted molar refractivity (Wildman–Crippen MR) is 91.3 cm³/mol. The lowest BCUT2D eigenvalue weighted by atomic mass is 10.1. The molecule has 29 heavy (non-hydrogen) atoms. The van der Waals surface area contributed by atoms with Crippen molar-refractivity contribution in [3.8, 4) is 0 Å². The van der Waals surface area contributed by atoms with Crippen LogP contribution in [0.4, 0.5) is 10.2 Å². The number of esters is 3. The summed E-state index contributed by atoms with van der Waals surface area (Å²) in [5.41, 5.74) is 5.75. The molecule has 0 bridgehead atoms. The van der Waals surface area contributed by atoms with Gasteiger partial charge in [-0.25, -0.2) is 4.98 Å². The van der Waals surface area contributed by atoms with E-state index >= 15 is 0 Å². The summed E-state index contributed by atoms with van der Waals surface area (Å²) in [5, 5.41) is 0. The first-order valence-corrected chi connectivity index (χ1v) is 8.46. The molecule has 0 saturated carbocycles. The zero-order valence-corrected chi connectivity index (χ0v) is 15.7. The van der Waals surface area contributed by atoms with Crippen LogP contribution in [-0.4, -0.2) is 62.3 Å². The monoisotopic (exact) mass is 411 g/mol. The third-order valence-electron chi connectivity index (χ3n) is 4.04. The normalized spacial score (nSPS) is 23.7. The minimum Gasteiger partial charge on any atom is -0.463 e. The molecule has 0 aromatic carbocycles. The first-order chi connectivity index (χ1) is 13.7. The predicted octanol–water partition coefficient (Wildman–Crippen LogP) is -0.128. The average Bonchev–Trinajstić information content (AvgIpc) is 3.15. The van der Waals surface area contributed by atoms with E-state index in [1.807, 2.05) is 0 Å². The van der Waals surface area contributed by atoms with E-state index in [2.05, 4.69) is 15.0 Å². The second-order valence-corrected chi connectivity index (χ2v) is 6.22. The van der Waals surface area contributed by atoms with Gasteiger partial charge in [0, 0.05) is 20.8 Å². The van der Waals surface area contributed by atoms with E-state index in [0.29, 0.717) is 0 Å². The molecule has 2 N–H and O–H groups in total. The molecule has 4 atom stereocenters. The van der Waals surface area contributed by atoms with E-state index < -0.39 is 48.5 Å². The quantitative estimate of drug-likeness (QED) is 0.397. The third kappa shape index (κ3) is 4.23. The summed E-state index contributed by atoms with van der Waals surface area (Å²) in [5.74, 6) is -2.13. The van der Waals surface area contributed by atoms with E-state index in [1.165, 1.54) is 17.8 Å². The molecule has 3 rings (SSSR count). The van der Waals surface area contributed by atoms with Gasteiger partial charge in [0.15, 0.2) is 35.4 Å². The first-order valence-electron chi connectivity index (χ1n) is 8.46. The van der Waals surface area contributed by atoms with E-state index in [-0.39, 0.29) is 23.6 Å². The van der Waals surface area contributed by atoms with E-state index in [1.54, 1.807) is 0 Å². The Labute approximate surface area is 163 Å². The van der Waals surface area contributed by atoms with Crippen molar-refractivity contribution in [3.05, 3.63) is 12.4 Å². The van der Waals surface area contributed by atoms with Crippen LogP contribution in [0.2, 0.25) is 0 Å². The molecule has 13 heteroatoms. The van der Waals surface area contributed by atoms with Gasteiger partial charge in [-0.1, -0.05) is 0 Å². The number of halogens is 1. The number of imidazole rings is 1. The number of hydrogen-bond acceptors (Lipinski definition) is 11. The van der Waals surface area contributed by atoms with Crippen molar-refractivity contribution in [1.29, 1.82) is 0 Å². The molecule has 0 spiro atoms. The van der Waals surface area contributed by atoms with Crippen LogP contribution in [-0.2, 0) is 33.3 Å². The topological polar surface area (TPSA) is 158 Å². The number of carbonyl (C=O) groups is 3. The van der Waals surface area contributed by atoms with Crippen LogP contribution in [0.15, 0.2) is 6.33 Å². The number of nitrogens with zero attached hydrogens (tertiary/aromatic N) is 4. The second-order valence-electron chi connectivity index (χ2n) is 6.22. The summed E-state index contributed by atoms with van der Waals surface area (Å²) in [6.07, 6.45) is -4.21. The SMILES string of the molecule is CC(=O)OC[C@H]1O[C@@H](n2cnc3c(N)nc(F)nc32)[C@H](OC(C)=O)C1OC(C)=O. The number of fused-ring (bicyclic) bond motifs is 1. The number of rotatable bonds is 5. The smallest absolute Gasteiger partial charge is 0.312 e. The Balaban J connectivity index is 2.04. The first kappa shape index (κ1) is 20.4. The number of hydrogen-bond donors (Lipinski definition) is 1. The zero-order chi connectivity index (χ0) is 21.3. The van der Waals surface area contributed by atoms with Gasteiger partial charge in [-0.05, 0) is 0 Å². The van der Waals surface area contributed by atoms with Crippen LogP contribution in [0.1, 0.15) is 27.0 Å². The summed E-state index contributed by atoms with van der Waals surface area (Å²) in [6, 6.07) is 0. The molecule has 1 aliphatic rings. The minimum atomic E-state index is -1.16. The van der Waals surface area contributed by atoms with Gasteiger partial charge in [-0.2, -0.15) is 14.4 Å². The molecule has 2 aromatic rings. The number of anilines is 1. The highest BCUT2D eigenvalue weighted by Gasteiger charge is 2.51. The average molecular weight is 411 g/mol. The molecule has 2 aromatic heterocycles. The van der Waals surface area contributed by atoms with Gasteiger partial charge in [0.1, 0.15) is 12.7 Å². The Morgan fingerprint density at radius 3 is 2.41 bits per heavy atom. The fourth-order valence-electron chi connectivity index (χ4n) is 3.01. The Morgan fingerprint density at radius 1 is 1.14 bits per heavy atom. The molecule has 156 valence electrons. The van der Waals surface area contributed by atoms with Crippen LogP contribution in [0.3, 0.4) is 0 Å². The summed E-state index contributed by atoms with van der Waals surface area (Å²) in [4.78, 5) is 45.5. The highest BCUT2D eigenvalue weighted by atomic mass is 19.1. The largest absolute Gasteiger partial charge is 0.463 e. The molecular weight excluding hydrogens is 393 g/mol. The molecule has 0 amide bonds. The maximum absolute atomic E-state index is 13.7. The molecule has 1 fully saturated rings. The van der Waals surface area contributed by atoms with Crippen LogP contribution >= 0.6 is 0 Å². The van der Waals surface area contributed by atoms with Gasteiger partial charge in [0.25, 0.3) is 0 Å². The number of nitrogens with two attached hydrogens (primary N) is 1. The zero-order valence-electron chi connectivity index (χ0n) is 15.7. The van der Waals surface area contributed by atoms with Crippen molar-refractivity contribution >= 4 is 34.9 Å². The Kier molecular flexibility index (Phi) is 5.59. The van der Waals surface area contributed by atoms with Crippen molar-refractivity contribution in [2.24, 2.45) is 0 Å². The Hall–Kier alpha value is -3.35. The van der Waals surface area contributed by atoms with Crippen LogP contribution < -0.4 is 5.73 Å². The van der Waals surface area contributed by atoms with Gasteiger partial charge in [-0.3, -0.25) is 19.0 Å². The lowest BCUT2D eigenvalue weighted by Gasteiger charge is -2.23. The number of nitrogen functional groups attached to an aromatic ring is 1. The molecule has 12 nitrogen and oxygen atoms in total. The summed E-state index contributed by atoms with van der Waals surface area (Å²) in [6.45, 7) is 3.24. The molecule has 3 heterocycles. The lowest BCUT2D eigenvalue weighted by molar-refractivity contribution is -0.166. The maximum atomic E-state index is 13.7. The Bertz CT molecular complexity index is 965. The molecular formula is C16H18FN5O7. The van der Waals surface area contributed by atoms with Crippen molar-refractivity contribution < 1.29 is 37.7 Å². The number of ether oxygens (including phenoxy) is 4. The van der Waals surface area contributed by atoms with Crippen LogP contribution in [0.5, 0.6) is 0 Å². The van der Waals surface area contributed by atoms with Crippen molar-refractivity contribution in [2.75, 3.05) is 12.3 Å². The van der Waals surface area contributed by atoms with Crippen LogP contribution in [0.25, 0.3) is 11.2 Å². The Morgan fingerprint density at radius 2 is 1.79 bits per heavy atom. The lowest BCUT2D eigenvalue weighted by Crippen LogP contribution is -2.40. The van der Waals surface area contributed by atoms with Gasteiger partial charge in [-0.15, -0.1) is 0 Å². The molecule has 1 aliphatic heterocycles. The minimum absolute atomic E-state index is 0.0214. The van der Waals surface area contributed by atoms with E-state index in [0.717, 1.165) is 13.8 Å².